The minimum atomic E-state index is -0.145. The van der Waals surface area contributed by atoms with Crippen LogP contribution in [0.2, 0.25) is 0 Å². The summed E-state index contributed by atoms with van der Waals surface area (Å²) < 4.78 is 11.1. The van der Waals surface area contributed by atoms with Crippen molar-refractivity contribution in [1.29, 1.82) is 0 Å². The molecule has 6 heteroatoms. The monoisotopic (exact) mass is 1030 g/mol. The number of hydrogen-bond donors (Lipinski definition) is 0. The molecule has 322 valence electrons. The van der Waals surface area contributed by atoms with E-state index in [4.69, 9.17) is 14.7 Å². The maximum atomic E-state index is 6.67. The molecule has 0 fully saturated rings. The number of para-hydroxylation sites is 1. The van der Waals surface area contributed by atoms with Crippen LogP contribution in [-0.4, -0.2) is 19.1 Å². The molecule has 10 aromatic rings. The summed E-state index contributed by atoms with van der Waals surface area (Å²) in [4.78, 5) is 10.1. The summed E-state index contributed by atoms with van der Waals surface area (Å²) in [7, 11) is 0. The Morgan fingerprint density at radius 1 is 0.554 bits per heavy atom. The SMILES string of the molecule is Cc1cc(-c2ccccc2)c(-n2ccnc2-c2[c-]c(Oc3[c-]c4c(cc3)c3ccccc3n4-c3cc(C(C)(C)C)c(-c4ccc(C(C)(C)C)cc4)cn3)ccc2)c(-c2ccccc2)c1.[Pt+2]. The fraction of sp³-hybridized carbons (Fsp3) is 0.153. The van der Waals surface area contributed by atoms with Gasteiger partial charge in [-0.3, -0.25) is 4.98 Å². The van der Waals surface area contributed by atoms with Crippen molar-refractivity contribution < 1.29 is 25.8 Å². The number of aryl methyl sites for hydroxylation is 1. The Balaban J connectivity index is 0.00000533. The smallest absolute Gasteiger partial charge is 0.503 e. The second-order valence-corrected chi connectivity index (χ2v) is 18.7. The van der Waals surface area contributed by atoms with Crippen LogP contribution in [0.3, 0.4) is 0 Å². The van der Waals surface area contributed by atoms with Gasteiger partial charge in [-0.05, 0) is 80.8 Å². The Morgan fingerprint density at radius 2 is 1.18 bits per heavy atom. The van der Waals surface area contributed by atoms with Crippen LogP contribution < -0.4 is 4.74 Å². The van der Waals surface area contributed by atoms with Gasteiger partial charge in [0.15, 0.2) is 0 Å². The molecule has 0 N–H and O–H groups in total. The van der Waals surface area contributed by atoms with Gasteiger partial charge < -0.3 is 13.9 Å². The topological polar surface area (TPSA) is 44.9 Å². The van der Waals surface area contributed by atoms with Crippen molar-refractivity contribution in [2.75, 3.05) is 0 Å². The molecule has 0 bridgehead atoms. The van der Waals surface area contributed by atoms with Crippen molar-refractivity contribution in [1.82, 2.24) is 19.1 Å². The molecule has 0 amide bonds. The number of ether oxygens (including phenoxy) is 1. The minimum Gasteiger partial charge on any atom is -0.503 e. The average molecular weight is 1030 g/mol. The zero-order valence-electron chi connectivity index (χ0n) is 37.8. The molecule has 0 atom stereocenters. The molecule has 0 saturated heterocycles. The van der Waals surface area contributed by atoms with Crippen LogP contribution >= 0.6 is 0 Å². The van der Waals surface area contributed by atoms with Gasteiger partial charge in [0.1, 0.15) is 5.82 Å². The van der Waals surface area contributed by atoms with Crippen LogP contribution in [0.25, 0.3) is 78.1 Å². The molecule has 7 aromatic carbocycles. The van der Waals surface area contributed by atoms with Gasteiger partial charge in [0.25, 0.3) is 0 Å². The van der Waals surface area contributed by atoms with E-state index in [1.807, 2.05) is 42.9 Å². The number of nitrogens with zero attached hydrogens (tertiary/aromatic N) is 4. The minimum absolute atomic E-state index is 0. The van der Waals surface area contributed by atoms with Crippen LogP contribution in [0.1, 0.15) is 58.2 Å². The number of imidazole rings is 1. The predicted octanol–water partition coefficient (Wildman–Crippen LogP) is 15.3. The van der Waals surface area contributed by atoms with Crippen molar-refractivity contribution in [2.24, 2.45) is 0 Å². The Labute approximate surface area is 396 Å². The molecule has 5 nitrogen and oxygen atoms in total. The molecule has 65 heavy (non-hydrogen) atoms. The Morgan fingerprint density at radius 3 is 1.85 bits per heavy atom. The van der Waals surface area contributed by atoms with E-state index in [1.165, 1.54) is 16.7 Å². The van der Waals surface area contributed by atoms with Crippen molar-refractivity contribution in [3.05, 3.63) is 205 Å². The summed E-state index contributed by atoms with van der Waals surface area (Å²) in [6.07, 6.45) is 5.93. The summed E-state index contributed by atoms with van der Waals surface area (Å²) in [5, 5.41) is 2.20. The van der Waals surface area contributed by atoms with E-state index in [1.54, 1.807) is 0 Å². The number of pyridine rings is 1. The number of hydrogen-bond acceptors (Lipinski definition) is 3. The van der Waals surface area contributed by atoms with Gasteiger partial charge in [-0.1, -0.05) is 156 Å². The van der Waals surface area contributed by atoms with Gasteiger partial charge in [0, 0.05) is 52.3 Å². The third-order valence-electron chi connectivity index (χ3n) is 12.1. The van der Waals surface area contributed by atoms with Gasteiger partial charge in [-0.25, -0.2) is 4.98 Å². The molecule has 0 aliphatic rings. The fourth-order valence-electron chi connectivity index (χ4n) is 8.89. The normalized spacial score (nSPS) is 11.8. The maximum absolute atomic E-state index is 6.67. The quantitative estimate of drug-likeness (QED) is 0.143. The molecule has 0 spiro atoms. The first-order chi connectivity index (χ1) is 30.9. The first-order valence-electron chi connectivity index (χ1n) is 22.0. The van der Waals surface area contributed by atoms with E-state index in [0.717, 1.165) is 78.1 Å². The summed E-state index contributed by atoms with van der Waals surface area (Å²) >= 11 is 0. The third kappa shape index (κ3) is 8.38. The van der Waals surface area contributed by atoms with Crippen molar-refractivity contribution in [3.63, 3.8) is 0 Å². The van der Waals surface area contributed by atoms with Crippen LogP contribution in [0.15, 0.2) is 176 Å². The van der Waals surface area contributed by atoms with Gasteiger partial charge in [-0.15, -0.1) is 41.3 Å². The predicted molar refractivity (Wildman–Crippen MR) is 264 cm³/mol. The van der Waals surface area contributed by atoms with E-state index in [0.29, 0.717) is 11.5 Å². The van der Waals surface area contributed by atoms with Crippen LogP contribution in [0.5, 0.6) is 11.5 Å². The average Bonchev–Trinajstić information content (AvgIpc) is 3.92. The Hall–Kier alpha value is -6.81. The summed E-state index contributed by atoms with van der Waals surface area (Å²) in [5.74, 6) is 2.74. The van der Waals surface area contributed by atoms with E-state index in [9.17, 15) is 0 Å². The molecule has 3 aromatic heterocycles. The molecule has 10 rings (SSSR count). The molecule has 0 radical (unpaired) electrons. The van der Waals surface area contributed by atoms with E-state index in [2.05, 4.69) is 203 Å². The van der Waals surface area contributed by atoms with Gasteiger partial charge in [0.2, 0.25) is 0 Å². The molecule has 0 aliphatic heterocycles. The molecule has 0 unspecified atom stereocenters. The zero-order valence-corrected chi connectivity index (χ0v) is 40.0. The fourth-order valence-corrected chi connectivity index (χ4v) is 8.89. The first kappa shape index (κ1) is 43.4. The number of aromatic nitrogens is 4. The Kier molecular flexibility index (Phi) is 11.6. The molecular weight excluding hydrogens is 976 g/mol. The summed E-state index contributed by atoms with van der Waals surface area (Å²) in [6, 6.07) is 62.6. The second-order valence-electron chi connectivity index (χ2n) is 18.7. The van der Waals surface area contributed by atoms with Gasteiger partial charge >= 0.3 is 21.1 Å². The molecular formula is C59H50N4OPt. The standard InChI is InChI=1S/C59H50N4O.Pt/c1-39-33-49(40-17-10-8-11-18-40)56(50(34-39)41-19-12-9-13-20-41)62-32-31-60-57(62)43-21-16-22-45(35-43)64-46-29-30-48-47-23-14-15-24-53(47)63(54(48)36-46)55-37-52(59(5,6)7)51(38-61-55)42-25-27-44(28-26-42)58(2,3)4;/h8-34,37-38H,1-7H3;/q-2;+2. The van der Waals surface area contributed by atoms with Crippen molar-refractivity contribution >= 4 is 21.8 Å². The maximum Gasteiger partial charge on any atom is 2.00 e. The molecule has 0 aliphatic carbocycles. The van der Waals surface area contributed by atoms with Gasteiger partial charge in [0.05, 0.1) is 11.5 Å². The number of rotatable bonds is 8. The summed E-state index contributed by atoms with van der Waals surface area (Å²) in [5.41, 5.74) is 14.3. The third-order valence-corrected chi connectivity index (χ3v) is 12.1. The van der Waals surface area contributed by atoms with E-state index >= 15 is 0 Å². The molecule has 3 heterocycles. The number of fused-ring (bicyclic) bond motifs is 3. The first-order valence-corrected chi connectivity index (χ1v) is 22.0. The Bertz CT molecular complexity index is 3250. The van der Waals surface area contributed by atoms with Crippen LogP contribution in [0, 0.1) is 19.1 Å². The van der Waals surface area contributed by atoms with E-state index < -0.39 is 0 Å². The van der Waals surface area contributed by atoms with Crippen molar-refractivity contribution in [3.8, 4) is 67.8 Å². The zero-order chi connectivity index (χ0) is 44.2. The van der Waals surface area contributed by atoms with E-state index in [-0.39, 0.29) is 31.9 Å². The largest absolute Gasteiger partial charge is 2.00 e. The van der Waals surface area contributed by atoms with Crippen LogP contribution in [-0.2, 0) is 31.9 Å². The summed E-state index contributed by atoms with van der Waals surface area (Å²) in [6.45, 7) is 15.7. The van der Waals surface area contributed by atoms with Crippen LogP contribution in [0.4, 0.5) is 0 Å². The number of benzene rings is 7. The van der Waals surface area contributed by atoms with Crippen molar-refractivity contribution in [2.45, 2.75) is 59.3 Å². The molecule has 0 saturated carbocycles. The van der Waals surface area contributed by atoms with Gasteiger partial charge in [-0.2, -0.15) is 6.07 Å². The second kappa shape index (κ2) is 17.3.